The second kappa shape index (κ2) is 5.65. The van der Waals surface area contributed by atoms with Gasteiger partial charge in [0.1, 0.15) is 5.56 Å². The summed E-state index contributed by atoms with van der Waals surface area (Å²) in [5.74, 6) is -1.02. The third kappa shape index (κ3) is 3.07. The zero-order valence-electron chi connectivity index (χ0n) is 10.00. The molecule has 0 spiro atoms. The van der Waals surface area contributed by atoms with Crippen molar-refractivity contribution < 1.29 is 9.90 Å². The number of carboxylic acids is 1. The van der Waals surface area contributed by atoms with Crippen molar-refractivity contribution in [1.82, 2.24) is 4.98 Å². The second-order valence-corrected chi connectivity index (χ2v) is 3.89. The molecule has 94 valence electrons. The number of pyridine rings is 1. The fraction of sp³-hybridized carbons (Fsp3) is 0.0714. The molecule has 0 amide bonds. The van der Waals surface area contributed by atoms with Gasteiger partial charge in [-0.2, -0.15) is 5.26 Å². The molecule has 0 atom stereocenters. The van der Waals surface area contributed by atoms with E-state index in [4.69, 9.17) is 10.4 Å². The molecule has 2 aromatic rings. The molecule has 1 aromatic carbocycles. The highest BCUT2D eigenvalue weighted by Crippen LogP contribution is 2.15. The van der Waals surface area contributed by atoms with Crippen LogP contribution in [0.25, 0.3) is 0 Å². The van der Waals surface area contributed by atoms with Gasteiger partial charge in [0, 0.05) is 18.9 Å². The summed E-state index contributed by atoms with van der Waals surface area (Å²) in [7, 11) is 0. The lowest BCUT2D eigenvalue weighted by atomic mass is 10.1. The summed E-state index contributed by atoms with van der Waals surface area (Å²) in [6.07, 6.45) is 2.84. The number of hydrogen-bond acceptors (Lipinski definition) is 4. The minimum atomic E-state index is -1.02. The van der Waals surface area contributed by atoms with Crippen molar-refractivity contribution in [3.63, 3.8) is 0 Å². The monoisotopic (exact) mass is 253 g/mol. The van der Waals surface area contributed by atoms with Crippen LogP contribution in [0, 0.1) is 11.3 Å². The molecule has 5 nitrogen and oxygen atoms in total. The molecule has 0 aliphatic carbocycles. The largest absolute Gasteiger partial charge is 0.478 e. The smallest absolute Gasteiger partial charge is 0.339 e. The molecule has 0 fully saturated rings. The van der Waals surface area contributed by atoms with Crippen LogP contribution in [0.1, 0.15) is 21.5 Å². The maximum atomic E-state index is 11.0. The van der Waals surface area contributed by atoms with E-state index >= 15 is 0 Å². The fourth-order valence-electron chi connectivity index (χ4n) is 1.61. The van der Waals surface area contributed by atoms with E-state index < -0.39 is 5.97 Å². The molecular formula is C14H11N3O2. The van der Waals surface area contributed by atoms with Crippen LogP contribution in [0.15, 0.2) is 42.7 Å². The van der Waals surface area contributed by atoms with E-state index in [-0.39, 0.29) is 5.56 Å². The summed E-state index contributed by atoms with van der Waals surface area (Å²) in [5, 5.41) is 20.8. The third-order valence-corrected chi connectivity index (χ3v) is 2.62. The van der Waals surface area contributed by atoms with Gasteiger partial charge in [-0.3, -0.25) is 4.98 Å². The van der Waals surface area contributed by atoms with Gasteiger partial charge < -0.3 is 10.4 Å². The van der Waals surface area contributed by atoms with E-state index in [1.165, 1.54) is 12.4 Å². The molecule has 5 heteroatoms. The van der Waals surface area contributed by atoms with Crippen molar-refractivity contribution in [2.24, 2.45) is 0 Å². The number of hydrogen-bond donors (Lipinski definition) is 2. The normalized spacial score (nSPS) is 9.63. The Morgan fingerprint density at radius 2 is 2.05 bits per heavy atom. The molecule has 0 saturated heterocycles. The Kier molecular flexibility index (Phi) is 3.74. The molecule has 0 saturated carbocycles. The van der Waals surface area contributed by atoms with Crippen LogP contribution in [-0.2, 0) is 6.54 Å². The van der Waals surface area contributed by atoms with Crippen LogP contribution in [0.5, 0.6) is 0 Å². The number of aromatic nitrogens is 1. The second-order valence-electron chi connectivity index (χ2n) is 3.89. The van der Waals surface area contributed by atoms with Crippen molar-refractivity contribution in [3.8, 4) is 6.07 Å². The maximum absolute atomic E-state index is 11.0. The first-order valence-corrected chi connectivity index (χ1v) is 5.61. The number of anilines is 1. The minimum absolute atomic E-state index is 0.135. The Labute approximate surface area is 110 Å². The van der Waals surface area contributed by atoms with Crippen LogP contribution >= 0.6 is 0 Å². The number of nitrogens with zero attached hydrogens (tertiary/aromatic N) is 2. The Morgan fingerprint density at radius 3 is 2.68 bits per heavy atom. The van der Waals surface area contributed by atoms with Gasteiger partial charge in [-0.05, 0) is 23.8 Å². The Balaban J connectivity index is 2.10. The van der Waals surface area contributed by atoms with Crippen LogP contribution in [0.2, 0.25) is 0 Å². The molecule has 2 N–H and O–H groups in total. The van der Waals surface area contributed by atoms with Crippen molar-refractivity contribution in [2.75, 3.05) is 5.32 Å². The van der Waals surface area contributed by atoms with Crippen LogP contribution in [0.3, 0.4) is 0 Å². The van der Waals surface area contributed by atoms with E-state index in [2.05, 4.69) is 10.3 Å². The summed E-state index contributed by atoms with van der Waals surface area (Å²) < 4.78 is 0. The average Bonchev–Trinajstić information content (AvgIpc) is 2.46. The van der Waals surface area contributed by atoms with Crippen LogP contribution < -0.4 is 5.32 Å². The molecule has 0 aliphatic rings. The van der Waals surface area contributed by atoms with Crippen molar-refractivity contribution >= 4 is 11.7 Å². The number of carbonyl (C=O) groups is 1. The van der Waals surface area contributed by atoms with Crippen LogP contribution in [-0.4, -0.2) is 16.1 Å². The number of nitriles is 1. The van der Waals surface area contributed by atoms with E-state index in [9.17, 15) is 4.79 Å². The highest BCUT2D eigenvalue weighted by atomic mass is 16.4. The molecule has 1 aromatic heterocycles. The topological polar surface area (TPSA) is 86.0 Å². The lowest BCUT2D eigenvalue weighted by Gasteiger charge is -2.09. The van der Waals surface area contributed by atoms with Crippen molar-refractivity contribution in [2.45, 2.75) is 6.54 Å². The summed E-state index contributed by atoms with van der Waals surface area (Å²) in [5.41, 5.74) is 2.22. The van der Waals surface area contributed by atoms with Crippen LogP contribution in [0.4, 0.5) is 5.69 Å². The van der Waals surface area contributed by atoms with Gasteiger partial charge in [0.25, 0.3) is 0 Å². The number of aromatic carboxylic acids is 1. The van der Waals surface area contributed by atoms with E-state index in [1.54, 1.807) is 18.2 Å². The number of benzene rings is 1. The summed E-state index contributed by atoms with van der Waals surface area (Å²) >= 11 is 0. The predicted octanol–water partition coefficient (Wildman–Crippen LogP) is 2.26. The number of nitrogens with one attached hydrogen (secondary N) is 1. The van der Waals surface area contributed by atoms with Crippen molar-refractivity contribution in [1.29, 1.82) is 5.26 Å². The fourth-order valence-corrected chi connectivity index (χ4v) is 1.61. The summed E-state index contributed by atoms with van der Waals surface area (Å²) in [6, 6.07) is 10.8. The highest BCUT2D eigenvalue weighted by molar-refractivity contribution is 5.93. The Morgan fingerprint density at radius 1 is 1.32 bits per heavy atom. The zero-order chi connectivity index (χ0) is 13.7. The third-order valence-electron chi connectivity index (χ3n) is 2.62. The highest BCUT2D eigenvalue weighted by Gasteiger charge is 2.09. The number of rotatable bonds is 4. The Bertz CT molecular complexity index is 630. The Hall–Kier alpha value is -2.87. The van der Waals surface area contributed by atoms with Crippen molar-refractivity contribution in [3.05, 3.63) is 59.4 Å². The van der Waals surface area contributed by atoms with Gasteiger partial charge in [-0.25, -0.2) is 4.79 Å². The lowest BCUT2D eigenvalue weighted by molar-refractivity contribution is 0.0697. The molecule has 1 heterocycles. The zero-order valence-corrected chi connectivity index (χ0v) is 10.00. The van der Waals surface area contributed by atoms with Gasteiger partial charge >= 0.3 is 5.97 Å². The first-order chi connectivity index (χ1) is 9.20. The lowest BCUT2D eigenvalue weighted by Crippen LogP contribution is -2.06. The quantitative estimate of drug-likeness (QED) is 0.872. The molecule has 0 aliphatic heterocycles. The minimum Gasteiger partial charge on any atom is -0.478 e. The van der Waals surface area contributed by atoms with Gasteiger partial charge in [0.2, 0.25) is 0 Å². The first kappa shape index (κ1) is 12.6. The molecule has 19 heavy (non-hydrogen) atoms. The molecule has 0 bridgehead atoms. The average molecular weight is 253 g/mol. The van der Waals surface area contributed by atoms with E-state index in [0.29, 0.717) is 17.8 Å². The maximum Gasteiger partial charge on any atom is 0.339 e. The standard InChI is InChI=1S/C14H11N3O2/c15-7-10-1-3-11(4-2-10)8-17-13-5-6-16-9-12(13)14(18)19/h1-6,9H,8H2,(H,16,17)(H,18,19). The number of carboxylic acid groups (broad SMARTS) is 1. The summed E-state index contributed by atoms with van der Waals surface area (Å²) in [4.78, 5) is 14.8. The van der Waals surface area contributed by atoms with Gasteiger partial charge in [-0.15, -0.1) is 0 Å². The molecule has 2 rings (SSSR count). The predicted molar refractivity (Wildman–Crippen MR) is 69.7 cm³/mol. The SMILES string of the molecule is N#Cc1ccc(CNc2ccncc2C(=O)O)cc1. The van der Waals surface area contributed by atoms with Gasteiger partial charge in [-0.1, -0.05) is 12.1 Å². The molecular weight excluding hydrogens is 242 g/mol. The molecule has 0 radical (unpaired) electrons. The van der Waals surface area contributed by atoms with E-state index in [0.717, 1.165) is 5.56 Å². The van der Waals surface area contributed by atoms with Gasteiger partial charge in [0.05, 0.1) is 17.3 Å². The van der Waals surface area contributed by atoms with E-state index in [1.807, 2.05) is 18.2 Å². The van der Waals surface area contributed by atoms with Gasteiger partial charge in [0.15, 0.2) is 0 Å². The summed E-state index contributed by atoms with van der Waals surface area (Å²) in [6.45, 7) is 0.482. The molecule has 0 unspecified atom stereocenters. The first-order valence-electron chi connectivity index (χ1n) is 5.61.